The van der Waals surface area contributed by atoms with Gasteiger partial charge in [0.1, 0.15) is 35.6 Å². The van der Waals surface area contributed by atoms with Crippen molar-refractivity contribution in [2.75, 3.05) is 58.1 Å². The van der Waals surface area contributed by atoms with Gasteiger partial charge in [-0.25, -0.2) is 9.97 Å². The molecule has 0 atom stereocenters. The second-order valence-corrected chi connectivity index (χ2v) is 19.1. The summed E-state index contributed by atoms with van der Waals surface area (Å²) in [5.74, 6) is -1.15. The Hall–Kier alpha value is -9.27. The van der Waals surface area contributed by atoms with Gasteiger partial charge in [-0.3, -0.25) is 55.4 Å². The monoisotopic (exact) mass is 1210 g/mol. The van der Waals surface area contributed by atoms with E-state index in [4.69, 9.17) is 36.7 Å². The standard InChI is InChI=1S/C24H26ClN4O3P.C8H8N2O5.C8H10N2O3.C6H2F2N2O4.CH4O.6CH4/c1-6-23(30)27-19-12-16(20(32-3)11-15(19)2)13-22-26-14-17(25)24(29-22)28-18-9-7-8-10-21(18)33(4,5)31;1-5-3-8(15-2)7(10(13)14)4-6(5)9(11)12;1-5-3-8(13-2)6(9)4-7(5)10(11)12;7-3-1-4(8)6(10(13)14)2-5(3)9(11)12;1-2;;;;;;/h6-12,14H,1,13H2,2-5H3,(H,27,30)(H,26,28,29);3-4H,1-2H3;3-4H,9H2,1-2H3;1-2H;2H,1H3;6*1H4. The SMILES string of the molecule is C.C.C.C.C.C.C=CC(=O)Nc1cc(Cc2ncc(Cl)c(Nc3ccccc3P(C)(C)=O)n2)c(OC)cc1C.CO.COc1cc(C)c([N+](=O)[O-])cc1N.COc1cc(C)c([N+](=O)[O-])cc1[N+](=O)[O-].O=[N+]([O-])c1cc([N+](=O)[O-])c(F)cc1F. The second kappa shape index (κ2) is 37.6. The molecule has 1 aromatic heterocycles. The number of nitrogen functional groups attached to an aromatic ring is 1. The van der Waals surface area contributed by atoms with Crippen molar-refractivity contribution in [3.05, 3.63) is 187 Å². The molecule has 0 saturated carbocycles. The lowest BCUT2D eigenvalue weighted by Gasteiger charge is -2.16. The molecule has 83 heavy (non-hydrogen) atoms. The number of nitro groups is 5. The number of para-hydroxylation sites is 1. The highest BCUT2D eigenvalue weighted by Gasteiger charge is 2.26. The van der Waals surface area contributed by atoms with Crippen molar-refractivity contribution in [2.45, 2.75) is 71.8 Å². The van der Waals surface area contributed by atoms with Crippen LogP contribution in [0.5, 0.6) is 17.2 Å². The fourth-order valence-electron chi connectivity index (χ4n) is 6.32. The number of halogens is 3. The zero-order valence-electron chi connectivity index (χ0n) is 42.4. The summed E-state index contributed by atoms with van der Waals surface area (Å²) in [6.07, 6.45) is 3.08. The maximum atomic E-state index is 12.7. The first-order valence-electron chi connectivity index (χ1n) is 21.4. The van der Waals surface area contributed by atoms with Crippen molar-refractivity contribution in [1.82, 2.24) is 9.97 Å². The van der Waals surface area contributed by atoms with E-state index in [-0.39, 0.29) is 85.4 Å². The van der Waals surface area contributed by atoms with E-state index in [1.807, 2.05) is 43.3 Å². The smallest absolute Gasteiger partial charge is 0.317 e. The van der Waals surface area contributed by atoms with Crippen LogP contribution in [0.3, 0.4) is 0 Å². The highest BCUT2D eigenvalue weighted by Crippen LogP contribution is 2.39. The van der Waals surface area contributed by atoms with Gasteiger partial charge in [0.25, 0.3) is 11.4 Å². The molecular formula is C53H74ClF2N10O16P. The Morgan fingerprint density at radius 1 is 0.675 bits per heavy atom. The number of carbonyl (C=O) groups excluding carboxylic acids is 1. The third-order valence-electron chi connectivity index (χ3n) is 10.00. The molecule has 0 saturated heterocycles. The Balaban J connectivity index is -0.000000344. The summed E-state index contributed by atoms with van der Waals surface area (Å²) in [5, 5.41) is 65.9. The van der Waals surface area contributed by atoms with Gasteiger partial charge in [-0.1, -0.05) is 74.9 Å². The number of rotatable bonds is 15. The summed E-state index contributed by atoms with van der Waals surface area (Å²) in [4.78, 5) is 68.4. The first-order valence-corrected chi connectivity index (χ1v) is 24.4. The number of carbonyl (C=O) groups is 1. The third kappa shape index (κ3) is 23.4. The van der Waals surface area contributed by atoms with Crippen LogP contribution in [-0.4, -0.2) is 87.4 Å². The number of ether oxygens (including phenoxy) is 3. The van der Waals surface area contributed by atoms with Gasteiger partial charge < -0.3 is 40.2 Å². The van der Waals surface area contributed by atoms with Gasteiger partial charge in [-0.15, -0.1) is 0 Å². The Morgan fingerprint density at radius 2 is 1.11 bits per heavy atom. The van der Waals surface area contributed by atoms with Crippen molar-refractivity contribution in [2.24, 2.45) is 0 Å². The van der Waals surface area contributed by atoms with E-state index < -0.39 is 60.5 Å². The van der Waals surface area contributed by atoms with E-state index in [1.54, 1.807) is 33.4 Å². The largest absolute Gasteiger partial charge is 0.496 e. The summed E-state index contributed by atoms with van der Waals surface area (Å²) >= 11 is 6.36. The second-order valence-electron chi connectivity index (χ2n) is 15.6. The van der Waals surface area contributed by atoms with E-state index in [9.17, 15) is 68.7 Å². The molecule has 6 rings (SSSR count). The van der Waals surface area contributed by atoms with E-state index in [2.05, 4.69) is 27.2 Å². The van der Waals surface area contributed by atoms with Crippen LogP contribution in [-0.2, 0) is 15.8 Å². The average molecular weight is 1210 g/mol. The van der Waals surface area contributed by atoms with Crippen molar-refractivity contribution in [3.8, 4) is 17.2 Å². The fraction of sp³-hybridized carbons (Fsp3) is 0.302. The Bertz CT molecular complexity index is 3230. The fourth-order valence-corrected chi connectivity index (χ4v) is 7.62. The molecule has 5 aromatic carbocycles. The minimum absolute atomic E-state index is 0. The van der Waals surface area contributed by atoms with Gasteiger partial charge in [-0.05, 0) is 82.1 Å². The summed E-state index contributed by atoms with van der Waals surface area (Å²) in [5.41, 5.74) is 6.69. The van der Waals surface area contributed by atoms with Gasteiger partial charge in [0, 0.05) is 53.3 Å². The Labute approximate surface area is 485 Å². The number of nitrogens with two attached hydrogens (primary N) is 1. The third-order valence-corrected chi connectivity index (χ3v) is 11.8. The maximum absolute atomic E-state index is 12.7. The Morgan fingerprint density at radius 3 is 1.55 bits per heavy atom. The number of benzene rings is 5. The molecule has 30 heteroatoms. The molecule has 0 aliphatic rings. The summed E-state index contributed by atoms with van der Waals surface area (Å²) in [6.45, 7) is 11.9. The lowest BCUT2D eigenvalue weighted by Crippen LogP contribution is -2.11. The predicted octanol–water partition coefficient (Wildman–Crippen LogP) is 13.7. The van der Waals surface area contributed by atoms with Crippen LogP contribution >= 0.6 is 18.7 Å². The topological polar surface area (TPSA) is 374 Å². The molecule has 0 fully saturated rings. The highest BCUT2D eigenvalue weighted by atomic mass is 35.5. The van der Waals surface area contributed by atoms with Crippen LogP contribution in [0.4, 0.5) is 60.1 Å². The number of aliphatic hydroxyl groups is 1. The van der Waals surface area contributed by atoms with Crippen molar-refractivity contribution in [3.63, 3.8) is 0 Å². The quantitative estimate of drug-likeness (QED) is 0.0244. The molecule has 26 nitrogen and oxygen atoms in total. The number of methoxy groups -OCH3 is 3. The number of hydrogen-bond acceptors (Lipinski definition) is 20. The molecule has 5 N–H and O–H groups in total. The highest BCUT2D eigenvalue weighted by molar-refractivity contribution is 7.70. The molecule has 0 radical (unpaired) electrons. The van der Waals surface area contributed by atoms with Crippen molar-refractivity contribution < 1.29 is 62.1 Å². The number of nitrogens with zero attached hydrogens (tertiary/aromatic N) is 7. The molecule has 6 aromatic rings. The number of aryl methyl sites for hydroxylation is 3. The minimum atomic E-state index is -2.52. The van der Waals surface area contributed by atoms with Crippen LogP contribution in [0, 0.1) is 83.0 Å². The number of nitrogens with one attached hydrogen (secondary N) is 2. The van der Waals surface area contributed by atoms with Gasteiger partial charge in [0.15, 0.2) is 11.6 Å². The number of aromatic nitrogens is 2. The minimum Gasteiger partial charge on any atom is -0.496 e. The van der Waals surface area contributed by atoms with E-state index in [1.165, 1.54) is 45.5 Å². The summed E-state index contributed by atoms with van der Waals surface area (Å²) in [7, 11) is 2.81. The molecule has 1 heterocycles. The van der Waals surface area contributed by atoms with Crippen LogP contribution < -0.4 is 35.9 Å². The summed E-state index contributed by atoms with van der Waals surface area (Å²) in [6, 6.07) is 16.4. The number of anilines is 4. The molecule has 1 amide bonds. The van der Waals surface area contributed by atoms with Gasteiger partial charge in [-0.2, -0.15) is 8.78 Å². The number of nitro benzene ring substituents is 5. The van der Waals surface area contributed by atoms with Crippen molar-refractivity contribution >= 4 is 81.3 Å². The van der Waals surface area contributed by atoms with Crippen molar-refractivity contribution in [1.29, 1.82) is 0 Å². The number of hydrogen-bond donors (Lipinski definition) is 4. The average Bonchev–Trinajstić information content (AvgIpc) is 3.36. The molecule has 0 unspecified atom stereocenters. The molecule has 0 aliphatic heterocycles. The van der Waals surface area contributed by atoms with Crippen LogP contribution in [0.2, 0.25) is 5.02 Å². The molecule has 0 bridgehead atoms. The first-order chi connectivity index (χ1) is 36.1. The first kappa shape index (κ1) is 82.6. The molecule has 458 valence electrons. The van der Waals surface area contributed by atoms with E-state index >= 15 is 0 Å². The van der Waals surface area contributed by atoms with Gasteiger partial charge in [0.2, 0.25) is 17.5 Å². The van der Waals surface area contributed by atoms with Crippen LogP contribution in [0.25, 0.3) is 0 Å². The number of amides is 1. The van der Waals surface area contributed by atoms with Crippen LogP contribution in [0.15, 0.2) is 91.6 Å². The Kier molecular flexibility index (Phi) is 37.4. The lowest BCUT2D eigenvalue weighted by atomic mass is 10.1. The zero-order valence-corrected chi connectivity index (χ0v) is 44.0. The van der Waals surface area contributed by atoms with E-state index in [0.717, 1.165) is 24.3 Å². The lowest BCUT2D eigenvalue weighted by molar-refractivity contribution is -0.397. The summed E-state index contributed by atoms with van der Waals surface area (Å²) < 4.78 is 53.2. The normalized spacial score (nSPS) is 9.41. The number of aliphatic hydroxyl groups excluding tert-OH is 1. The van der Waals surface area contributed by atoms with Gasteiger partial charge in [0.05, 0.1) is 69.6 Å². The van der Waals surface area contributed by atoms with Crippen LogP contribution in [0.1, 0.15) is 72.6 Å². The van der Waals surface area contributed by atoms with Gasteiger partial charge >= 0.3 is 17.1 Å². The maximum Gasteiger partial charge on any atom is 0.317 e. The molecule has 0 aliphatic carbocycles. The zero-order chi connectivity index (χ0) is 58.6. The predicted molar refractivity (Wildman–Crippen MR) is 323 cm³/mol. The molecule has 0 spiro atoms. The van der Waals surface area contributed by atoms with E-state index in [0.29, 0.717) is 62.4 Å². The molecular weight excluding hydrogens is 1140 g/mol.